The number of esters is 1. The van der Waals surface area contributed by atoms with Crippen LogP contribution in [0.1, 0.15) is 38.5 Å². The zero-order chi connectivity index (χ0) is 11.1. The highest BCUT2D eigenvalue weighted by molar-refractivity contribution is 5.90. The Hall–Kier alpha value is -1.06. The quantitative estimate of drug-likeness (QED) is 0.706. The molecule has 0 aromatic heterocycles. The predicted molar refractivity (Wildman–Crippen MR) is 52.2 cm³/mol. The van der Waals surface area contributed by atoms with Crippen molar-refractivity contribution in [3.8, 4) is 0 Å². The van der Waals surface area contributed by atoms with Crippen molar-refractivity contribution in [2.45, 2.75) is 38.5 Å². The topological polar surface area (TPSA) is 63.6 Å². The number of carboxylic acid groups (broad SMARTS) is 1. The van der Waals surface area contributed by atoms with Crippen LogP contribution in [-0.2, 0) is 14.3 Å². The van der Waals surface area contributed by atoms with E-state index in [-0.39, 0.29) is 5.97 Å². The summed E-state index contributed by atoms with van der Waals surface area (Å²) < 4.78 is 4.79. The van der Waals surface area contributed by atoms with Gasteiger partial charge in [-0.3, -0.25) is 9.59 Å². The summed E-state index contributed by atoms with van der Waals surface area (Å²) in [5, 5.41) is 9.32. The number of aliphatic carboxylic acids is 1. The molecule has 0 aliphatic heterocycles. The Labute approximate surface area is 88.6 Å². The SMILES string of the molecule is COC(=O)C12CCCCC1(C(=O)O)CC2. The van der Waals surface area contributed by atoms with Crippen LogP contribution in [0.2, 0.25) is 0 Å². The Morgan fingerprint density at radius 2 is 1.60 bits per heavy atom. The normalized spacial score (nSPS) is 38.7. The van der Waals surface area contributed by atoms with Crippen LogP contribution in [0.25, 0.3) is 0 Å². The Bertz CT molecular complexity index is 312. The fraction of sp³-hybridized carbons (Fsp3) is 0.818. The lowest BCUT2D eigenvalue weighted by Gasteiger charge is -2.57. The smallest absolute Gasteiger partial charge is 0.312 e. The molecule has 0 aromatic rings. The molecule has 2 saturated carbocycles. The van der Waals surface area contributed by atoms with Crippen LogP contribution in [0.5, 0.6) is 0 Å². The lowest BCUT2D eigenvalue weighted by molar-refractivity contribution is -0.203. The Balaban J connectivity index is 2.36. The van der Waals surface area contributed by atoms with Crippen molar-refractivity contribution in [2.75, 3.05) is 7.11 Å². The first kappa shape index (κ1) is 10.5. The van der Waals surface area contributed by atoms with E-state index in [1.54, 1.807) is 0 Å². The summed E-state index contributed by atoms with van der Waals surface area (Å²) in [6.07, 6.45) is 4.43. The summed E-state index contributed by atoms with van der Waals surface area (Å²) >= 11 is 0. The lowest BCUT2D eigenvalue weighted by atomic mass is 9.44. The van der Waals surface area contributed by atoms with E-state index in [1.165, 1.54) is 7.11 Å². The van der Waals surface area contributed by atoms with Crippen molar-refractivity contribution in [1.29, 1.82) is 0 Å². The molecule has 4 nitrogen and oxygen atoms in total. The third-order valence-electron chi connectivity index (χ3n) is 4.34. The zero-order valence-electron chi connectivity index (χ0n) is 8.91. The van der Waals surface area contributed by atoms with Gasteiger partial charge in [0.1, 0.15) is 0 Å². The van der Waals surface area contributed by atoms with E-state index in [2.05, 4.69) is 0 Å². The predicted octanol–water partition coefficient (Wildman–Crippen LogP) is 1.58. The van der Waals surface area contributed by atoms with Crippen LogP contribution in [0, 0.1) is 10.8 Å². The van der Waals surface area contributed by atoms with Gasteiger partial charge in [-0.25, -0.2) is 0 Å². The largest absolute Gasteiger partial charge is 0.481 e. The van der Waals surface area contributed by atoms with Gasteiger partial charge in [-0.05, 0) is 25.7 Å². The van der Waals surface area contributed by atoms with Gasteiger partial charge < -0.3 is 9.84 Å². The summed E-state index contributed by atoms with van der Waals surface area (Å²) in [6, 6.07) is 0. The standard InChI is InChI=1S/C11H16O4/c1-15-9(14)11-5-3-2-4-10(11,6-7-11)8(12)13/h2-7H2,1H3,(H,12,13). The van der Waals surface area contributed by atoms with Crippen LogP contribution in [0.3, 0.4) is 0 Å². The van der Waals surface area contributed by atoms with Crippen molar-refractivity contribution in [1.82, 2.24) is 0 Å². The van der Waals surface area contributed by atoms with Gasteiger partial charge in [-0.2, -0.15) is 0 Å². The second kappa shape index (κ2) is 3.22. The fourth-order valence-electron chi connectivity index (χ4n) is 3.32. The van der Waals surface area contributed by atoms with E-state index < -0.39 is 16.8 Å². The minimum absolute atomic E-state index is 0.323. The van der Waals surface area contributed by atoms with E-state index in [9.17, 15) is 14.7 Å². The number of fused-ring (bicyclic) bond motifs is 1. The monoisotopic (exact) mass is 212 g/mol. The molecule has 0 heterocycles. The van der Waals surface area contributed by atoms with E-state index in [4.69, 9.17) is 4.74 Å². The number of carbonyl (C=O) groups is 2. The molecule has 2 aliphatic rings. The van der Waals surface area contributed by atoms with Gasteiger partial charge in [0.25, 0.3) is 0 Å². The van der Waals surface area contributed by atoms with Crippen LogP contribution in [0.4, 0.5) is 0 Å². The Morgan fingerprint density at radius 1 is 1.07 bits per heavy atom. The average Bonchev–Trinajstić information content (AvgIpc) is 2.19. The third-order valence-corrected chi connectivity index (χ3v) is 4.34. The molecule has 84 valence electrons. The second-order valence-corrected chi connectivity index (χ2v) is 4.67. The highest BCUT2D eigenvalue weighted by atomic mass is 16.5. The molecule has 2 unspecified atom stereocenters. The van der Waals surface area contributed by atoms with Gasteiger partial charge in [0.2, 0.25) is 0 Å². The van der Waals surface area contributed by atoms with Crippen LogP contribution in [0.15, 0.2) is 0 Å². The van der Waals surface area contributed by atoms with Crippen molar-refractivity contribution in [3.05, 3.63) is 0 Å². The number of ether oxygens (including phenoxy) is 1. The van der Waals surface area contributed by atoms with Gasteiger partial charge >= 0.3 is 11.9 Å². The molecule has 2 aliphatic carbocycles. The highest BCUT2D eigenvalue weighted by Crippen LogP contribution is 2.65. The zero-order valence-corrected chi connectivity index (χ0v) is 8.91. The maximum Gasteiger partial charge on any atom is 0.312 e. The number of hydrogen-bond acceptors (Lipinski definition) is 3. The van der Waals surface area contributed by atoms with Crippen LogP contribution >= 0.6 is 0 Å². The van der Waals surface area contributed by atoms with Crippen molar-refractivity contribution in [3.63, 3.8) is 0 Å². The van der Waals surface area contributed by atoms with Crippen molar-refractivity contribution in [2.24, 2.45) is 10.8 Å². The van der Waals surface area contributed by atoms with Gasteiger partial charge in [-0.1, -0.05) is 12.8 Å². The summed E-state index contributed by atoms with van der Waals surface area (Å²) in [6.45, 7) is 0. The van der Waals surface area contributed by atoms with Crippen LogP contribution < -0.4 is 0 Å². The maximum absolute atomic E-state index is 11.8. The van der Waals surface area contributed by atoms with Gasteiger partial charge in [0, 0.05) is 0 Å². The third kappa shape index (κ3) is 1.08. The first-order chi connectivity index (χ1) is 7.09. The number of hydrogen-bond donors (Lipinski definition) is 1. The lowest BCUT2D eigenvalue weighted by Crippen LogP contribution is -2.62. The molecule has 15 heavy (non-hydrogen) atoms. The van der Waals surface area contributed by atoms with Crippen molar-refractivity contribution < 1.29 is 19.4 Å². The number of carbonyl (C=O) groups excluding carboxylic acids is 1. The van der Waals surface area contributed by atoms with E-state index in [0.29, 0.717) is 25.7 Å². The average molecular weight is 212 g/mol. The molecule has 2 atom stereocenters. The first-order valence-corrected chi connectivity index (χ1v) is 5.41. The van der Waals surface area contributed by atoms with Gasteiger partial charge in [0.05, 0.1) is 17.9 Å². The molecule has 2 rings (SSSR count). The molecule has 0 radical (unpaired) electrons. The minimum atomic E-state index is -0.821. The fourth-order valence-corrected chi connectivity index (χ4v) is 3.32. The maximum atomic E-state index is 11.8. The summed E-state index contributed by atoms with van der Waals surface area (Å²) in [5.41, 5.74) is -1.54. The highest BCUT2D eigenvalue weighted by Gasteiger charge is 2.68. The van der Waals surface area contributed by atoms with Gasteiger partial charge in [0.15, 0.2) is 0 Å². The number of carboxylic acids is 1. The minimum Gasteiger partial charge on any atom is -0.481 e. The van der Waals surface area contributed by atoms with E-state index in [0.717, 1.165) is 12.8 Å². The molecule has 0 saturated heterocycles. The molecule has 0 bridgehead atoms. The van der Waals surface area contributed by atoms with E-state index in [1.807, 2.05) is 0 Å². The molecule has 4 heteroatoms. The molecule has 2 fully saturated rings. The first-order valence-electron chi connectivity index (χ1n) is 5.41. The van der Waals surface area contributed by atoms with Crippen LogP contribution in [-0.4, -0.2) is 24.2 Å². The summed E-state index contributed by atoms with van der Waals surface area (Å²) in [7, 11) is 1.34. The Morgan fingerprint density at radius 3 is 2.00 bits per heavy atom. The molecular weight excluding hydrogens is 196 g/mol. The van der Waals surface area contributed by atoms with Crippen molar-refractivity contribution >= 4 is 11.9 Å². The number of methoxy groups -OCH3 is 1. The molecular formula is C11H16O4. The summed E-state index contributed by atoms with van der Waals surface area (Å²) in [4.78, 5) is 23.1. The molecule has 1 N–H and O–H groups in total. The van der Waals surface area contributed by atoms with Gasteiger partial charge in [-0.15, -0.1) is 0 Å². The van der Waals surface area contributed by atoms with E-state index >= 15 is 0 Å². The molecule has 0 aromatic carbocycles. The second-order valence-electron chi connectivity index (χ2n) is 4.67. The molecule has 0 amide bonds. The Kier molecular flexibility index (Phi) is 2.24. The molecule has 0 spiro atoms. The summed E-state index contributed by atoms with van der Waals surface area (Å²) in [5.74, 6) is -1.14. The number of rotatable bonds is 2.